The van der Waals surface area contributed by atoms with E-state index >= 15 is 0 Å². The lowest BCUT2D eigenvalue weighted by atomic mass is 10.0. The SMILES string of the molecule is CC(=O)Nc1ccc2c(c1)[nH]c(=O)n2C1CCN(C(C)C)CC1.CC(=O)Nc1ccc2c(c1)n(C(C)=O)c(=O)n2C1CCN(C(C)C)CC1.CC(C)N1CCC(n2c(=O)[nH]c3cc(N)ccc32)CC1.CC(C)N1CCC(n2c(=O)[nH]c3cc([N+](=O)[O-])ccc32)CC1.CC(C)N1CCC(n2c(=O)[nH]c3ccccc32)CC1.Cc1ccc2[nH]c(=O)n(C3CCN(C(C)C)CC3)c2c1.Cc1ccc2c(c1)[nH]c(=O)n2C1CCN(C(C)C)CC1. The molecule has 0 bridgehead atoms. The summed E-state index contributed by atoms with van der Waals surface area (Å²) in [4.78, 5) is 166. The van der Waals surface area contributed by atoms with Crippen LogP contribution < -0.4 is 56.2 Å². The van der Waals surface area contributed by atoms with Gasteiger partial charge >= 0.3 is 39.8 Å². The number of para-hydroxylation sites is 2. The molecule has 808 valence electrons. The molecular formula is C113H159N25O12. The fourth-order valence-electron chi connectivity index (χ4n) is 23.3. The summed E-state index contributed by atoms with van der Waals surface area (Å²) in [5.41, 5.74) is 21.7. The summed E-state index contributed by atoms with van der Waals surface area (Å²) in [5.74, 6) is -0.632. The molecule has 10 N–H and O–H groups in total. The lowest BCUT2D eigenvalue weighted by Gasteiger charge is -2.35. The number of nitrogens with one attached hydrogen (secondary N) is 8. The van der Waals surface area contributed by atoms with Gasteiger partial charge < -0.3 is 80.6 Å². The number of nitro benzene ring substituents is 1. The predicted octanol–water partition coefficient (Wildman–Crippen LogP) is 16.8. The Morgan fingerprint density at radius 2 is 0.567 bits per heavy atom. The van der Waals surface area contributed by atoms with Gasteiger partial charge in [-0.3, -0.25) is 56.5 Å². The van der Waals surface area contributed by atoms with Crippen molar-refractivity contribution in [2.45, 2.75) is 306 Å². The maximum atomic E-state index is 13.0. The van der Waals surface area contributed by atoms with E-state index in [0.717, 1.165) is 248 Å². The zero-order chi connectivity index (χ0) is 108. The molecular weight excluding hydrogens is 1900 g/mol. The molecule has 21 rings (SSSR count). The smallest absolute Gasteiger partial charge is 0.336 e. The Morgan fingerprint density at radius 3 is 0.913 bits per heavy atom. The number of hydrogen-bond donors (Lipinski definition) is 9. The lowest BCUT2D eigenvalue weighted by molar-refractivity contribution is -0.384. The van der Waals surface area contributed by atoms with Gasteiger partial charge in [-0.2, -0.15) is 0 Å². The Labute approximate surface area is 875 Å². The Hall–Kier alpha value is -13.0. The number of nitrogen functional groups attached to an aromatic ring is 1. The number of amides is 2. The Kier molecular flexibility index (Phi) is 36.2. The maximum Gasteiger partial charge on any atom is 0.336 e. The third kappa shape index (κ3) is 25.9. The molecule has 0 radical (unpaired) electrons. The van der Waals surface area contributed by atoms with Crippen molar-refractivity contribution in [1.29, 1.82) is 0 Å². The molecule has 0 aliphatic carbocycles. The molecule has 14 heterocycles. The van der Waals surface area contributed by atoms with Crippen molar-refractivity contribution in [2.75, 3.05) is 108 Å². The second-order valence-corrected chi connectivity index (χ2v) is 43.9. The fraction of sp³-hybridized carbons (Fsp3) is 0.540. The number of aromatic nitrogens is 14. The lowest BCUT2D eigenvalue weighted by Crippen LogP contribution is -2.41. The highest BCUT2D eigenvalue weighted by atomic mass is 16.6. The number of nitrogens with zero attached hydrogens (tertiary/aromatic N) is 16. The zero-order valence-corrected chi connectivity index (χ0v) is 91.2. The summed E-state index contributed by atoms with van der Waals surface area (Å²) in [7, 11) is 0. The van der Waals surface area contributed by atoms with Crippen molar-refractivity contribution >= 4 is 118 Å². The number of fused-ring (bicyclic) bond motifs is 7. The monoisotopic (exact) mass is 2060 g/mol. The number of carbonyl (C=O) groups excluding carboxylic acids is 3. The van der Waals surface area contributed by atoms with Crippen LogP contribution >= 0.6 is 0 Å². The van der Waals surface area contributed by atoms with Gasteiger partial charge in [0.2, 0.25) is 17.7 Å². The first-order valence-electron chi connectivity index (χ1n) is 54.3. The van der Waals surface area contributed by atoms with Crippen molar-refractivity contribution in [3.63, 3.8) is 0 Å². The second kappa shape index (κ2) is 48.9. The first kappa shape index (κ1) is 111. The van der Waals surface area contributed by atoms with Gasteiger partial charge in [-0.1, -0.05) is 24.3 Å². The molecule has 0 saturated carbocycles. The second-order valence-electron chi connectivity index (χ2n) is 43.9. The van der Waals surface area contributed by atoms with Gasteiger partial charge in [0, 0.05) is 226 Å². The number of likely N-dealkylation sites (tertiary alicyclic amines) is 7. The van der Waals surface area contributed by atoms with Crippen molar-refractivity contribution in [3.05, 3.63) is 228 Å². The highest BCUT2D eigenvalue weighted by Gasteiger charge is 2.34. The summed E-state index contributed by atoms with van der Waals surface area (Å²) in [6, 6.07) is 47.0. The van der Waals surface area contributed by atoms with Crippen molar-refractivity contribution in [2.24, 2.45) is 0 Å². The molecule has 37 nitrogen and oxygen atoms in total. The van der Waals surface area contributed by atoms with E-state index in [2.05, 4.69) is 210 Å². The van der Waals surface area contributed by atoms with Crippen LogP contribution in [0.25, 0.3) is 77.2 Å². The molecule has 14 aromatic rings. The summed E-state index contributed by atoms with van der Waals surface area (Å²) in [6.07, 6.45) is 13.9. The van der Waals surface area contributed by atoms with Crippen LogP contribution in [0.5, 0.6) is 0 Å². The third-order valence-electron chi connectivity index (χ3n) is 31.7. The molecule has 7 fully saturated rings. The molecule has 7 saturated heterocycles. The number of anilines is 3. The molecule has 37 heteroatoms. The number of nitrogens with two attached hydrogens (primary N) is 1. The minimum absolute atomic E-state index is 0.00414. The van der Waals surface area contributed by atoms with Gasteiger partial charge in [-0.05, 0) is 309 Å². The number of carbonyl (C=O) groups is 3. The average molecular weight is 2060 g/mol. The minimum Gasteiger partial charge on any atom is -0.399 e. The number of aryl methyl sites for hydroxylation is 2. The third-order valence-corrected chi connectivity index (χ3v) is 31.7. The quantitative estimate of drug-likeness (QED) is 0.0232. The predicted molar refractivity (Wildman–Crippen MR) is 602 cm³/mol. The zero-order valence-electron chi connectivity index (χ0n) is 91.2. The van der Waals surface area contributed by atoms with E-state index in [0.29, 0.717) is 88.5 Å². The van der Waals surface area contributed by atoms with Gasteiger partial charge in [-0.15, -0.1) is 0 Å². The summed E-state index contributed by atoms with van der Waals surface area (Å²) in [5, 5.41) is 16.3. The number of benzene rings is 7. The van der Waals surface area contributed by atoms with Gasteiger partial charge in [0.1, 0.15) is 0 Å². The maximum absolute atomic E-state index is 13.0. The molecule has 0 atom stereocenters. The van der Waals surface area contributed by atoms with Crippen molar-refractivity contribution in [3.8, 4) is 0 Å². The number of nitro groups is 1. The normalized spacial score (nSPS) is 17.6. The van der Waals surface area contributed by atoms with E-state index < -0.39 is 4.92 Å². The van der Waals surface area contributed by atoms with Crippen LogP contribution in [0.2, 0.25) is 0 Å². The van der Waals surface area contributed by atoms with E-state index in [4.69, 9.17) is 5.73 Å². The first-order valence-corrected chi connectivity index (χ1v) is 54.3. The molecule has 2 amide bonds. The number of aromatic amines is 6. The van der Waals surface area contributed by atoms with E-state index in [9.17, 15) is 58.1 Å². The molecule has 150 heavy (non-hydrogen) atoms. The highest BCUT2D eigenvalue weighted by Crippen LogP contribution is 2.36. The number of H-pyrrole nitrogens is 6. The van der Waals surface area contributed by atoms with E-state index in [1.54, 1.807) is 27.3 Å². The topological polar surface area (TPSA) is 421 Å². The van der Waals surface area contributed by atoms with Gasteiger partial charge in [-0.25, -0.2) is 38.1 Å². The number of rotatable bonds is 17. The fourth-order valence-corrected chi connectivity index (χ4v) is 23.3. The van der Waals surface area contributed by atoms with Gasteiger partial charge in [0.05, 0.1) is 82.2 Å². The van der Waals surface area contributed by atoms with Crippen LogP contribution in [0.3, 0.4) is 0 Å². The number of piperidine rings is 7. The van der Waals surface area contributed by atoms with Crippen LogP contribution in [0.15, 0.2) is 167 Å². The minimum atomic E-state index is -0.448. The Bertz CT molecular complexity index is 7360. The Morgan fingerprint density at radius 1 is 0.300 bits per heavy atom. The largest absolute Gasteiger partial charge is 0.399 e. The van der Waals surface area contributed by atoms with Crippen LogP contribution in [0.4, 0.5) is 22.7 Å². The van der Waals surface area contributed by atoms with Gasteiger partial charge in [0.15, 0.2) is 0 Å². The van der Waals surface area contributed by atoms with E-state index in [1.807, 2.05) is 102 Å². The highest BCUT2D eigenvalue weighted by molar-refractivity contribution is 5.95. The molecule has 0 spiro atoms. The van der Waals surface area contributed by atoms with E-state index in [1.165, 1.54) is 48.6 Å². The summed E-state index contributed by atoms with van der Waals surface area (Å²) in [6.45, 7) is 53.8. The molecule has 0 unspecified atom stereocenters. The number of non-ortho nitro benzene ring substituents is 1. The van der Waals surface area contributed by atoms with Crippen LogP contribution in [-0.2, 0) is 9.59 Å². The average Bonchev–Trinajstić information content (AvgIpc) is 1.59. The first-order chi connectivity index (χ1) is 71.6. The summed E-state index contributed by atoms with van der Waals surface area (Å²) >= 11 is 0. The van der Waals surface area contributed by atoms with Crippen LogP contribution in [0.1, 0.15) is 266 Å². The number of hydrogen-bond acceptors (Lipinski definition) is 20. The van der Waals surface area contributed by atoms with Crippen molar-refractivity contribution < 1.29 is 19.3 Å². The molecule has 7 aliphatic rings. The van der Waals surface area contributed by atoms with Crippen molar-refractivity contribution in [1.82, 2.24) is 101 Å². The Balaban J connectivity index is 0.000000131. The van der Waals surface area contributed by atoms with Crippen LogP contribution in [-0.4, -0.2) is 257 Å². The number of imidazole rings is 7. The molecule has 7 aromatic heterocycles. The van der Waals surface area contributed by atoms with E-state index in [-0.39, 0.29) is 87.4 Å². The van der Waals surface area contributed by atoms with Gasteiger partial charge in [0.25, 0.3) is 5.69 Å². The molecule has 7 aromatic carbocycles. The molecule has 7 aliphatic heterocycles. The van der Waals surface area contributed by atoms with Crippen LogP contribution in [0, 0.1) is 24.0 Å². The standard InChI is InChI=1S/C19H26N4O3.C17H24N4O2.2C16H23N3O.C15H20N4O3.C15H22N4O.C15H21N3O/c1-12(2)21-9-7-16(8-10-21)23-17-6-5-15(20-13(3)24)11-18(17)22(14(4)25)19(23)26;1-11(2)20-8-6-14(7-9-20)21-16-5-4-13(18-12(3)22)10-15(16)19-17(21)23;1-11(2)18-8-6-13(7-9-18)19-15-5-4-12(3)10-14(15)17-16(19)20;1-11(2)18-8-6-13(7-9-18)19-15-10-12(3)4-5-14(15)17-16(19)20;1-10(2)17-7-5-11(6-8-17)18-14-4-3-12(19(21)22)9-13(14)16-15(18)20;1-10(2)18-7-5-12(6-8-18)19-14-4-3-11(16)9-13(14)17-15(19)20;1-11(2)17-9-7-12(8-10-17)18-14-6-4-3-5-13(14)16-15(18)19/h5-6,11-12,16H,7-10H2,1-4H3,(H,20,24);4-5,10-11,14H,6-9H2,1-3H3,(H,18,22)(H,19,23);2*4-5,10-11,13H,6-9H2,1-3H3,(H,17,20);3-4,9-11H,5-8H2,1-2H3,(H,16,20);3-4,9-10,12H,5-8,16H2,1-2H3,(H,17,20);3-6,11-12H,7-10H2,1-2H3,(H,16,19). The summed E-state index contributed by atoms with van der Waals surface area (Å²) < 4.78 is 14.4.